The first-order chi connectivity index (χ1) is 13.1. The molecule has 1 amide bonds. The van der Waals surface area contributed by atoms with Gasteiger partial charge in [-0.2, -0.15) is 0 Å². The third-order valence-electron chi connectivity index (χ3n) is 5.84. The van der Waals surface area contributed by atoms with E-state index in [1.807, 2.05) is 17.0 Å². The zero-order chi connectivity index (χ0) is 18.7. The molecule has 1 atom stereocenters. The number of morpholine rings is 1. The maximum atomic E-state index is 13.1. The van der Waals surface area contributed by atoms with Crippen LogP contribution >= 0.6 is 0 Å². The van der Waals surface area contributed by atoms with Gasteiger partial charge in [-0.15, -0.1) is 0 Å². The molecule has 144 valence electrons. The highest BCUT2D eigenvalue weighted by Gasteiger charge is 2.35. The first-order valence-electron chi connectivity index (χ1n) is 9.86. The molecule has 3 heterocycles. The van der Waals surface area contributed by atoms with Crippen molar-refractivity contribution in [3.63, 3.8) is 0 Å². The van der Waals surface area contributed by atoms with Crippen molar-refractivity contribution >= 4 is 5.91 Å². The van der Waals surface area contributed by atoms with E-state index in [-0.39, 0.29) is 11.3 Å². The van der Waals surface area contributed by atoms with E-state index in [1.54, 1.807) is 6.26 Å². The molecule has 2 aromatic rings. The minimum Gasteiger partial charge on any atom is -0.467 e. The summed E-state index contributed by atoms with van der Waals surface area (Å²) < 4.78 is 11.1. The first kappa shape index (κ1) is 18.3. The lowest BCUT2D eigenvalue weighted by molar-refractivity contribution is 0.0313. The number of furan rings is 1. The van der Waals surface area contributed by atoms with Gasteiger partial charge >= 0.3 is 0 Å². The number of hydrogen-bond acceptors (Lipinski definition) is 4. The monoisotopic (exact) mass is 368 g/mol. The Morgan fingerprint density at radius 2 is 1.93 bits per heavy atom. The summed E-state index contributed by atoms with van der Waals surface area (Å²) in [6, 6.07) is 12.5. The van der Waals surface area contributed by atoms with Gasteiger partial charge in [0.05, 0.1) is 25.3 Å². The summed E-state index contributed by atoms with van der Waals surface area (Å²) in [7, 11) is 0. The molecule has 5 nitrogen and oxygen atoms in total. The fraction of sp³-hybridized carbons (Fsp3) is 0.500. The number of carbonyl (C=O) groups is 1. The Morgan fingerprint density at radius 1 is 1.15 bits per heavy atom. The van der Waals surface area contributed by atoms with Gasteiger partial charge in [0.25, 0.3) is 5.91 Å². The molecule has 2 saturated heterocycles. The van der Waals surface area contributed by atoms with Crippen molar-refractivity contribution in [1.29, 1.82) is 0 Å². The van der Waals surface area contributed by atoms with Crippen LogP contribution in [0.15, 0.2) is 47.1 Å². The molecule has 0 aliphatic carbocycles. The van der Waals surface area contributed by atoms with Crippen molar-refractivity contribution in [3.8, 4) is 0 Å². The van der Waals surface area contributed by atoms with Crippen molar-refractivity contribution in [2.75, 3.05) is 39.4 Å². The minimum atomic E-state index is 0.00946. The minimum absolute atomic E-state index is 0.00946. The Kier molecular flexibility index (Phi) is 5.32. The van der Waals surface area contributed by atoms with Crippen LogP contribution in [0.4, 0.5) is 0 Å². The third kappa shape index (κ3) is 4.09. The summed E-state index contributed by atoms with van der Waals surface area (Å²) in [4.78, 5) is 17.3. The standard InChI is InChI=1S/C22H28N2O3/c1-22(19-6-3-2-4-7-19)8-5-9-24(17-22)21(25)18-14-20(27-16-18)15-23-10-12-26-13-11-23/h2-4,6-7,14,16H,5,8-13,15,17H2,1H3/t22-/m1/s1. The second kappa shape index (κ2) is 7.87. The zero-order valence-electron chi connectivity index (χ0n) is 16.0. The topological polar surface area (TPSA) is 45.9 Å². The van der Waals surface area contributed by atoms with Crippen LogP contribution < -0.4 is 0 Å². The Bertz CT molecular complexity index is 767. The van der Waals surface area contributed by atoms with Crippen LogP contribution in [0, 0.1) is 0 Å². The lowest BCUT2D eigenvalue weighted by atomic mass is 9.76. The van der Waals surface area contributed by atoms with Crippen LogP contribution in [0.2, 0.25) is 0 Å². The number of hydrogen-bond donors (Lipinski definition) is 0. The van der Waals surface area contributed by atoms with Crippen LogP contribution in [0.25, 0.3) is 0 Å². The smallest absolute Gasteiger partial charge is 0.257 e. The molecular formula is C22H28N2O3. The molecule has 2 aliphatic heterocycles. The highest BCUT2D eigenvalue weighted by Crippen LogP contribution is 2.34. The fourth-order valence-corrected chi connectivity index (χ4v) is 4.23. The molecule has 2 aliphatic rings. The summed E-state index contributed by atoms with van der Waals surface area (Å²) in [5.74, 6) is 0.928. The number of likely N-dealkylation sites (tertiary alicyclic amines) is 1. The Balaban J connectivity index is 1.43. The first-order valence-corrected chi connectivity index (χ1v) is 9.86. The number of rotatable bonds is 4. The average molecular weight is 368 g/mol. The molecule has 0 spiro atoms. The van der Waals surface area contributed by atoms with Crippen LogP contribution in [-0.4, -0.2) is 55.1 Å². The Morgan fingerprint density at radius 3 is 2.70 bits per heavy atom. The number of carbonyl (C=O) groups excluding carboxylic acids is 1. The molecule has 0 N–H and O–H groups in total. The van der Waals surface area contributed by atoms with E-state index in [9.17, 15) is 4.79 Å². The van der Waals surface area contributed by atoms with Crippen LogP contribution in [0.5, 0.6) is 0 Å². The summed E-state index contributed by atoms with van der Waals surface area (Å²) in [5.41, 5.74) is 1.98. The molecule has 1 aromatic carbocycles. The number of amides is 1. The zero-order valence-corrected chi connectivity index (χ0v) is 16.0. The molecule has 4 rings (SSSR count). The van der Waals surface area contributed by atoms with Gasteiger partial charge in [0.15, 0.2) is 0 Å². The van der Waals surface area contributed by atoms with Gasteiger partial charge in [-0.1, -0.05) is 37.3 Å². The second-order valence-corrected chi connectivity index (χ2v) is 7.95. The Hall–Kier alpha value is -2.11. The highest BCUT2D eigenvalue weighted by molar-refractivity contribution is 5.94. The summed E-state index contributed by atoms with van der Waals surface area (Å²) in [5, 5.41) is 0. The van der Waals surface area contributed by atoms with E-state index in [1.165, 1.54) is 5.56 Å². The van der Waals surface area contributed by atoms with E-state index in [0.717, 1.165) is 64.5 Å². The number of ether oxygens (including phenoxy) is 1. The number of benzene rings is 1. The van der Waals surface area contributed by atoms with Crippen molar-refractivity contribution in [3.05, 3.63) is 59.5 Å². The molecule has 0 saturated carbocycles. The summed E-state index contributed by atoms with van der Waals surface area (Å²) in [6.45, 7) is 7.90. The SMILES string of the molecule is C[C@@]1(c2ccccc2)CCCN(C(=O)c2coc(CN3CCOCC3)c2)C1. The molecule has 1 aromatic heterocycles. The molecule has 5 heteroatoms. The summed E-state index contributed by atoms with van der Waals surface area (Å²) >= 11 is 0. The molecular weight excluding hydrogens is 340 g/mol. The van der Waals surface area contributed by atoms with Crippen LogP contribution in [0.1, 0.15) is 41.4 Å². The largest absolute Gasteiger partial charge is 0.467 e. The fourth-order valence-electron chi connectivity index (χ4n) is 4.23. The van der Waals surface area contributed by atoms with Crippen molar-refractivity contribution in [2.45, 2.75) is 31.7 Å². The van der Waals surface area contributed by atoms with Gasteiger partial charge in [0.1, 0.15) is 12.0 Å². The van der Waals surface area contributed by atoms with Gasteiger partial charge in [-0.3, -0.25) is 9.69 Å². The van der Waals surface area contributed by atoms with E-state index in [0.29, 0.717) is 5.56 Å². The third-order valence-corrected chi connectivity index (χ3v) is 5.84. The second-order valence-electron chi connectivity index (χ2n) is 7.95. The lowest BCUT2D eigenvalue weighted by Gasteiger charge is -2.40. The maximum absolute atomic E-state index is 13.1. The van der Waals surface area contributed by atoms with Crippen LogP contribution in [-0.2, 0) is 16.7 Å². The lowest BCUT2D eigenvalue weighted by Crippen LogP contribution is -2.47. The maximum Gasteiger partial charge on any atom is 0.257 e. The average Bonchev–Trinajstić information content (AvgIpc) is 3.17. The van der Waals surface area contributed by atoms with Crippen molar-refractivity contribution in [1.82, 2.24) is 9.80 Å². The van der Waals surface area contributed by atoms with Gasteiger partial charge < -0.3 is 14.1 Å². The van der Waals surface area contributed by atoms with Gasteiger partial charge in [0.2, 0.25) is 0 Å². The van der Waals surface area contributed by atoms with E-state index in [4.69, 9.17) is 9.15 Å². The van der Waals surface area contributed by atoms with E-state index in [2.05, 4.69) is 36.1 Å². The van der Waals surface area contributed by atoms with Crippen LogP contribution in [0.3, 0.4) is 0 Å². The molecule has 0 radical (unpaired) electrons. The van der Waals surface area contributed by atoms with E-state index < -0.39 is 0 Å². The quantitative estimate of drug-likeness (QED) is 0.831. The molecule has 0 unspecified atom stereocenters. The van der Waals surface area contributed by atoms with Gasteiger partial charge in [0, 0.05) is 31.6 Å². The molecule has 0 bridgehead atoms. The predicted octanol–water partition coefficient (Wildman–Crippen LogP) is 3.31. The Labute approximate surface area is 160 Å². The predicted molar refractivity (Wildman–Crippen MR) is 104 cm³/mol. The number of piperidine rings is 1. The molecule has 2 fully saturated rings. The molecule has 27 heavy (non-hydrogen) atoms. The highest BCUT2D eigenvalue weighted by atomic mass is 16.5. The van der Waals surface area contributed by atoms with Gasteiger partial charge in [-0.25, -0.2) is 0 Å². The van der Waals surface area contributed by atoms with Crippen molar-refractivity contribution < 1.29 is 13.9 Å². The van der Waals surface area contributed by atoms with Crippen molar-refractivity contribution in [2.24, 2.45) is 0 Å². The normalized spacial score (nSPS) is 24.1. The summed E-state index contributed by atoms with van der Waals surface area (Å²) in [6.07, 6.45) is 3.75. The van der Waals surface area contributed by atoms with E-state index >= 15 is 0 Å². The number of nitrogens with zero attached hydrogens (tertiary/aromatic N) is 2. The van der Waals surface area contributed by atoms with Gasteiger partial charge in [-0.05, 0) is 24.5 Å².